The molecule has 20 heavy (non-hydrogen) atoms. The molecule has 1 rings (SSSR count). The zero-order valence-corrected chi connectivity index (χ0v) is 13.7. The molecule has 3 nitrogen and oxygen atoms in total. The number of nitrogens with zero attached hydrogens (tertiary/aromatic N) is 1. The third kappa shape index (κ3) is 7.78. The zero-order chi connectivity index (χ0) is 13.9. The van der Waals surface area contributed by atoms with E-state index in [1.807, 2.05) is 23.1 Å². The van der Waals surface area contributed by atoms with Gasteiger partial charge in [0.1, 0.15) is 0 Å². The first-order valence-corrected chi connectivity index (χ1v) is 8.03. The molecule has 2 N–H and O–H groups in total. The van der Waals surface area contributed by atoms with Gasteiger partial charge in [0.2, 0.25) is 5.91 Å². The lowest BCUT2D eigenvalue weighted by molar-refractivity contribution is -0.129. The Kier molecular flexibility index (Phi) is 11.6. The molecule has 0 aliphatic rings. The van der Waals surface area contributed by atoms with E-state index in [1.54, 1.807) is 11.8 Å². The molecule has 1 amide bonds. The highest BCUT2D eigenvalue weighted by Crippen LogP contribution is 2.09. The van der Waals surface area contributed by atoms with Gasteiger partial charge in [-0.3, -0.25) is 4.79 Å². The van der Waals surface area contributed by atoms with Crippen LogP contribution in [0.2, 0.25) is 0 Å². The van der Waals surface area contributed by atoms with Gasteiger partial charge in [-0.25, -0.2) is 0 Å². The number of thioether (sulfide) groups is 1. The maximum Gasteiger partial charge on any atom is 0.232 e. The molecule has 0 radical (unpaired) electrons. The highest BCUT2D eigenvalue weighted by Gasteiger charge is 2.13. The first-order chi connectivity index (χ1) is 9.27. The quantitative estimate of drug-likeness (QED) is 0.713. The van der Waals surface area contributed by atoms with Crippen molar-refractivity contribution in [2.45, 2.75) is 26.3 Å². The fourth-order valence-electron chi connectivity index (χ4n) is 1.77. The fourth-order valence-corrected chi connectivity index (χ4v) is 2.56. The summed E-state index contributed by atoms with van der Waals surface area (Å²) in [5.74, 6) is 1.84. The molecule has 0 atom stereocenters. The minimum atomic E-state index is 0. The van der Waals surface area contributed by atoms with Crippen LogP contribution in [0.25, 0.3) is 0 Å². The van der Waals surface area contributed by atoms with Gasteiger partial charge in [0.15, 0.2) is 0 Å². The molecule has 1 aromatic rings. The monoisotopic (exact) mass is 316 g/mol. The number of nitrogens with two attached hydrogens (primary N) is 1. The molecule has 0 aliphatic carbocycles. The average molecular weight is 317 g/mol. The summed E-state index contributed by atoms with van der Waals surface area (Å²) in [6.07, 6.45) is 1.97. The van der Waals surface area contributed by atoms with Crippen molar-refractivity contribution in [3.05, 3.63) is 35.9 Å². The normalized spacial score (nSPS) is 9.90. The lowest BCUT2D eigenvalue weighted by atomic mass is 10.2. The van der Waals surface area contributed by atoms with Crippen molar-refractivity contribution in [1.29, 1.82) is 0 Å². The summed E-state index contributed by atoms with van der Waals surface area (Å²) in [5, 5.41) is 0. The third-order valence-electron chi connectivity index (χ3n) is 2.78. The number of amides is 1. The summed E-state index contributed by atoms with van der Waals surface area (Å²) < 4.78 is 0. The molecule has 0 bridgehead atoms. The highest BCUT2D eigenvalue weighted by atomic mass is 35.5. The van der Waals surface area contributed by atoms with E-state index in [-0.39, 0.29) is 18.3 Å². The molecular formula is C15H25ClN2OS. The van der Waals surface area contributed by atoms with Crippen LogP contribution in [0.4, 0.5) is 0 Å². The fraction of sp³-hybridized carbons (Fsp3) is 0.533. The molecule has 114 valence electrons. The lowest BCUT2D eigenvalue weighted by Crippen LogP contribution is -2.33. The molecule has 0 aromatic heterocycles. The van der Waals surface area contributed by atoms with Crippen LogP contribution in [0.1, 0.15) is 25.3 Å². The molecule has 0 saturated carbocycles. The summed E-state index contributed by atoms with van der Waals surface area (Å²) in [4.78, 5) is 14.1. The van der Waals surface area contributed by atoms with E-state index < -0.39 is 0 Å². The SMILES string of the molecule is CCCSCC(=O)N(CCCN)Cc1ccccc1.Cl. The van der Waals surface area contributed by atoms with E-state index in [9.17, 15) is 4.79 Å². The van der Waals surface area contributed by atoms with Crippen molar-refractivity contribution in [2.24, 2.45) is 5.73 Å². The number of halogens is 1. The van der Waals surface area contributed by atoms with E-state index in [1.165, 1.54) is 5.56 Å². The van der Waals surface area contributed by atoms with Gasteiger partial charge in [0.25, 0.3) is 0 Å². The van der Waals surface area contributed by atoms with Crippen LogP contribution in [-0.2, 0) is 11.3 Å². The maximum absolute atomic E-state index is 12.2. The zero-order valence-electron chi connectivity index (χ0n) is 12.1. The Morgan fingerprint density at radius 3 is 2.60 bits per heavy atom. The van der Waals surface area contributed by atoms with Gasteiger partial charge in [-0.15, -0.1) is 12.4 Å². The van der Waals surface area contributed by atoms with Crippen molar-refractivity contribution < 1.29 is 4.79 Å². The number of hydrogen-bond acceptors (Lipinski definition) is 3. The minimum absolute atomic E-state index is 0. The van der Waals surface area contributed by atoms with Crippen LogP contribution in [0, 0.1) is 0 Å². The number of carbonyl (C=O) groups is 1. The van der Waals surface area contributed by atoms with Gasteiger partial charge in [-0.2, -0.15) is 11.8 Å². The first-order valence-electron chi connectivity index (χ1n) is 6.87. The van der Waals surface area contributed by atoms with Crippen molar-refractivity contribution in [3.8, 4) is 0 Å². The first kappa shape index (κ1) is 19.3. The Balaban J connectivity index is 0.00000361. The lowest BCUT2D eigenvalue weighted by Gasteiger charge is -2.22. The summed E-state index contributed by atoms with van der Waals surface area (Å²) >= 11 is 1.71. The van der Waals surface area contributed by atoms with Crippen LogP contribution >= 0.6 is 24.2 Å². The summed E-state index contributed by atoms with van der Waals surface area (Å²) in [7, 11) is 0. The van der Waals surface area contributed by atoms with E-state index >= 15 is 0 Å². The predicted molar refractivity (Wildman–Crippen MR) is 90.4 cm³/mol. The summed E-state index contributed by atoms with van der Waals surface area (Å²) in [6, 6.07) is 10.1. The van der Waals surface area contributed by atoms with Crippen molar-refractivity contribution >= 4 is 30.1 Å². The number of rotatable bonds is 9. The number of benzene rings is 1. The Bertz CT molecular complexity index is 362. The van der Waals surface area contributed by atoms with Crippen molar-refractivity contribution in [1.82, 2.24) is 4.90 Å². The van der Waals surface area contributed by atoms with Crippen LogP contribution < -0.4 is 5.73 Å². The molecule has 0 fully saturated rings. The average Bonchev–Trinajstić information content (AvgIpc) is 2.44. The smallest absolute Gasteiger partial charge is 0.232 e. The molecular weight excluding hydrogens is 292 g/mol. The van der Waals surface area contributed by atoms with E-state index in [4.69, 9.17) is 5.73 Å². The minimum Gasteiger partial charge on any atom is -0.338 e. The highest BCUT2D eigenvalue weighted by molar-refractivity contribution is 7.99. The van der Waals surface area contributed by atoms with Gasteiger partial charge in [-0.05, 0) is 30.7 Å². The van der Waals surface area contributed by atoms with Crippen molar-refractivity contribution in [3.63, 3.8) is 0 Å². The Morgan fingerprint density at radius 2 is 2.00 bits per heavy atom. The topological polar surface area (TPSA) is 46.3 Å². The van der Waals surface area contributed by atoms with Gasteiger partial charge in [0, 0.05) is 13.1 Å². The van der Waals surface area contributed by atoms with Gasteiger partial charge < -0.3 is 10.6 Å². The van der Waals surface area contributed by atoms with Crippen LogP contribution in [0.3, 0.4) is 0 Å². The summed E-state index contributed by atoms with van der Waals surface area (Å²) in [5.41, 5.74) is 6.72. The molecule has 0 saturated heterocycles. The molecule has 0 unspecified atom stereocenters. The molecule has 0 spiro atoms. The van der Waals surface area contributed by atoms with Gasteiger partial charge >= 0.3 is 0 Å². The third-order valence-corrected chi connectivity index (χ3v) is 3.92. The van der Waals surface area contributed by atoms with E-state index in [0.29, 0.717) is 18.8 Å². The standard InChI is InChI=1S/C15H24N2OS.ClH/c1-2-11-19-13-15(18)17(10-6-9-16)12-14-7-4-3-5-8-14;/h3-5,7-8H,2,6,9-13,16H2,1H3;1H. The Morgan fingerprint density at radius 1 is 1.30 bits per heavy atom. The van der Waals surface area contributed by atoms with Crippen LogP contribution in [0.5, 0.6) is 0 Å². The van der Waals surface area contributed by atoms with E-state index in [0.717, 1.165) is 25.1 Å². The van der Waals surface area contributed by atoms with Gasteiger partial charge in [0.05, 0.1) is 5.75 Å². The van der Waals surface area contributed by atoms with Crippen LogP contribution in [-0.4, -0.2) is 35.4 Å². The molecule has 5 heteroatoms. The Hall–Kier alpha value is -0.710. The van der Waals surface area contributed by atoms with Crippen molar-refractivity contribution in [2.75, 3.05) is 24.6 Å². The maximum atomic E-state index is 12.2. The number of carbonyl (C=O) groups excluding carboxylic acids is 1. The second-order valence-electron chi connectivity index (χ2n) is 4.50. The predicted octanol–water partition coefficient (Wildman–Crippen LogP) is 2.93. The second kappa shape index (κ2) is 12.1. The molecule has 0 aliphatic heterocycles. The Labute approximate surface area is 132 Å². The summed E-state index contributed by atoms with van der Waals surface area (Å²) in [6.45, 7) is 4.19. The second-order valence-corrected chi connectivity index (χ2v) is 5.60. The van der Waals surface area contributed by atoms with E-state index in [2.05, 4.69) is 19.1 Å². The largest absolute Gasteiger partial charge is 0.338 e. The van der Waals surface area contributed by atoms with Gasteiger partial charge in [-0.1, -0.05) is 37.3 Å². The molecule has 0 heterocycles. The van der Waals surface area contributed by atoms with Crippen LogP contribution in [0.15, 0.2) is 30.3 Å². The number of hydrogen-bond donors (Lipinski definition) is 1. The molecule has 1 aromatic carbocycles.